The average molecular weight is 307 g/mol. The van der Waals surface area contributed by atoms with E-state index in [1.165, 1.54) is 0 Å². The van der Waals surface area contributed by atoms with E-state index in [0.717, 1.165) is 24.3 Å². The number of hydrogen-bond donors (Lipinski definition) is 1. The predicted octanol–water partition coefficient (Wildman–Crippen LogP) is 1.58. The van der Waals surface area contributed by atoms with E-state index in [-0.39, 0.29) is 16.1 Å². The molecule has 4 nitrogen and oxygen atoms in total. The Kier molecular flexibility index (Phi) is 5.20. The van der Waals surface area contributed by atoms with Gasteiger partial charge in [0.1, 0.15) is 0 Å². The number of ether oxygens (including phenoxy) is 1. The van der Waals surface area contributed by atoms with Crippen LogP contribution >= 0.6 is 11.8 Å². The fourth-order valence-corrected chi connectivity index (χ4v) is 6.40. The van der Waals surface area contributed by atoms with E-state index in [4.69, 9.17) is 10.5 Å². The maximum atomic E-state index is 12.6. The van der Waals surface area contributed by atoms with Crippen molar-refractivity contribution in [1.29, 1.82) is 0 Å². The molecule has 2 rings (SSSR count). The molecule has 2 N–H and O–H groups in total. The fourth-order valence-electron chi connectivity index (χ4n) is 3.08. The number of hydrogen-bond acceptors (Lipinski definition) is 5. The van der Waals surface area contributed by atoms with Crippen LogP contribution in [-0.4, -0.2) is 49.2 Å². The normalized spacial score (nSPS) is 29.3. The Morgan fingerprint density at radius 1 is 1.42 bits per heavy atom. The summed E-state index contributed by atoms with van der Waals surface area (Å²) in [7, 11) is -3.07. The van der Waals surface area contributed by atoms with Gasteiger partial charge in [0.15, 0.2) is 9.84 Å². The van der Waals surface area contributed by atoms with E-state index in [1.54, 1.807) is 6.92 Å². The molecule has 0 amide bonds. The van der Waals surface area contributed by atoms with Crippen LogP contribution in [0.2, 0.25) is 0 Å². The van der Waals surface area contributed by atoms with Crippen molar-refractivity contribution in [1.82, 2.24) is 0 Å². The lowest BCUT2D eigenvalue weighted by molar-refractivity contribution is -0.0814. The van der Waals surface area contributed by atoms with Crippen LogP contribution in [-0.2, 0) is 14.6 Å². The van der Waals surface area contributed by atoms with Gasteiger partial charge in [-0.3, -0.25) is 0 Å². The van der Waals surface area contributed by atoms with Crippen LogP contribution in [0.25, 0.3) is 0 Å². The van der Waals surface area contributed by atoms with Crippen molar-refractivity contribution < 1.29 is 13.2 Å². The molecule has 2 unspecified atom stereocenters. The lowest BCUT2D eigenvalue weighted by Gasteiger charge is -2.43. The van der Waals surface area contributed by atoms with E-state index in [9.17, 15) is 8.42 Å². The Morgan fingerprint density at radius 2 is 2.11 bits per heavy atom. The van der Waals surface area contributed by atoms with Crippen molar-refractivity contribution in [2.75, 3.05) is 24.7 Å². The van der Waals surface area contributed by atoms with Crippen molar-refractivity contribution in [2.45, 2.75) is 55.1 Å². The molecule has 1 spiro atoms. The Morgan fingerprint density at radius 3 is 2.74 bits per heavy atom. The van der Waals surface area contributed by atoms with E-state index in [1.807, 2.05) is 11.8 Å². The summed E-state index contributed by atoms with van der Waals surface area (Å²) in [6.07, 6.45) is 3.88. The molecule has 0 aromatic carbocycles. The molecule has 0 aliphatic carbocycles. The van der Waals surface area contributed by atoms with Gasteiger partial charge >= 0.3 is 0 Å². The van der Waals surface area contributed by atoms with E-state index in [0.29, 0.717) is 32.4 Å². The maximum absolute atomic E-state index is 12.6. The Bertz CT molecular complexity index is 385. The second-order valence-electron chi connectivity index (χ2n) is 5.74. The van der Waals surface area contributed by atoms with Crippen molar-refractivity contribution in [3.05, 3.63) is 0 Å². The summed E-state index contributed by atoms with van der Waals surface area (Å²) in [5.41, 5.74) is 5.34. The highest BCUT2D eigenvalue weighted by Gasteiger charge is 2.44. The first-order valence-corrected chi connectivity index (χ1v) is 9.91. The second-order valence-corrected chi connectivity index (χ2v) is 9.61. The highest BCUT2D eigenvalue weighted by Crippen LogP contribution is 2.40. The summed E-state index contributed by atoms with van der Waals surface area (Å²) in [5.74, 6) is 2.18. The average Bonchev–Trinajstić information content (AvgIpc) is 2.40. The lowest BCUT2D eigenvalue weighted by Crippen LogP contribution is -2.48. The van der Waals surface area contributed by atoms with Gasteiger partial charge in [-0.25, -0.2) is 8.42 Å². The third-order valence-electron chi connectivity index (χ3n) is 4.45. The van der Waals surface area contributed by atoms with Gasteiger partial charge in [-0.05, 0) is 57.1 Å². The molecule has 112 valence electrons. The van der Waals surface area contributed by atoms with Crippen LogP contribution in [0.1, 0.15) is 39.0 Å². The topological polar surface area (TPSA) is 69.4 Å². The van der Waals surface area contributed by atoms with Crippen LogP contribution in [0.15, 0.2) is 0 Å². The lowest BCUT2D eigenvalue weighted by atomic mass is 9.88. The molecular weight excluding hydrogens is 282 g/mol. The van der Waals surface area contributed by atoms with Gasteiger partial charge in [0, 0.05) is 6.61 Å². The Labute approximate surface area is 120 Å². The second kappa shape index (κ2) is 6.33. The van der Waals surface area contributed by atoms with E-state index < -0.39 is 9.84 Å². The SMILES string of the molecule is CC(CCN)S(=O)(=O)C1CCOC2(CCSCC2)C1. The minimum atomic E-state index is -3.07. The van der Waals surface area contributed by atoms with Gasteiger partial charge in [-0.2, -0.15) is 11.8 Å². The first kappa shape index (κ1) is 15.6. The van der Waals surface area contributed by atoms with E-state index >= 15 is 0 Å². The molecule has 0 radical (unpaired) electrons. The molecule has 0 bridgehead atoms. The van der Waals surface area contributed by atoms with Crippen molar-refractivity contribution >= 4 is 21.6 Å². The highest BCUT2D eigenvalue weighted by atomic mass is 32.2. The zero-order chi connectivity index (χ0) is 13.9. The Balaban J connectivity index is 2.08. The molecule has 6 heteroatoms. The number of nitrogens with two attached hydrogens (primary N) is 1. The molecule has 2 atom stereocenters. The quantitative estimate of drug-likeness (QED) is 0.854. The van der Waals surface area contributed by atoms with Crippen LogP contribution in [0.4, 0.5) is 0 Å². The molecule has 0 saturated carbocycles. The summed E-state index contributed by atoms with van der Waals surface area (Å²) < 4.78 is 31.1. The molecule has 2 fully saturated rings. The van der Waals surface area contributed by atoms with Crippen LogP contribution in [0.5, 0.6) is 0 Å². The number of sulfone groups is 1. The first-order chi connectivity index (χ1) is 9.00. The third-order valence-corrected chi connectivity index (χ3v) is 8.13. The molecule has 2 aliphatic rings. The highest BCUT2D eigenvalue weighted by molar-refractivity contribution is 7.99. The van der Waals surface area contributed by atoms with Crippen molar-refractivity contribution in [2.24, 2.45) is 5.73 Å². The van der Waals surface area contributed by atoms with Crippen LogP contribution < -0.4 is 5.73 Å². The van der Waals surface area contributed by atoms with Gasteiger partial charge in [-0.15, -0.1) is 0 Å². The van der Waals surface area contributed by atoms with E-state index in [2.05, 4.69) is 0 Å². The fraction of sp³-hybridized carbons (Fsp3) is 1.00. The number of thioether (sulfide) groups is 1. The smallest absolute Gasteiger partial charge is 0.155 e. The number of rotatable bonds is 4. The van der Waals surface area contributed by atoms with Gasteiger partial charge in [0.25, 0.3) is 0 Å². The van der Waals surface area contributed by atoms with Gasteiger partial charge < -0.3 is 10.5 Å². The van der Waals surface area contributed by atoms with Crippen LogP contribution in [0, 0.1) is 0 Å². The predicted molar refractivity (Wildman–Crippen MR) is 80.3 cm³/mol. The summed E-state index contributed by atoms with van der Waals surface area (Å²) >= 11 is 1.94. The van der Waals surface area contributed by atoms with Crippen molar-refractivity contribution in [3.63, 3.8) is 0 Å². The molecule has 2 aliphatic heterocycles. The zero-order valence-corrected chi connectivity index (χ0v) is 13.3. The molecule has 0 aromatic heterocycles. The van der Waals surface area contributed by atoms with Gasteiger partial charge in [0.2, 0.25) is 0 Å². The van der Waals surface area contributed by atoms with Crippen LogP contribution in [0.3, 0.4) is 0 Å². The maximum Gasteiger partial charge on any atom is 0.155 e. The monoisotopic (exact) mass is 307 g/mol. The summed E-state index contributed by atoms with van der Waals surface area (Å²) in [4.78, 5) is 0. The Hall–Kier alpha value is 0.220. The molecule has 2 saturated heterocycles. The molecule has 0 aromatic rings. The first-order valence-electron chi connectivity index (χ1n) is 7.15. The molecule has 19 heavy (non-hydrogen) atoms. The van der Waals surface area contributed by atoms with Gasteiger partial charge in [0.05, 0.1) is 16.1 Å². The largest absolute Gasteiger partial charge is 0.375 e. The molecular formula is C13H25NO3S2. The zero-order valence-electron chi connectivity index (χ0n) is 11.6. The summed E-state index contributed by atoms with van der Waals surface area (Å²) in [6.45, 7) is 2.82. The standard InChI is InChI=1S/C13H25NO3S2/c1-11(2-6-14)19(15,16)12-3-7-17-13(10-12)4-8-18-9-5-13/h11-12H,2-10,14H2,1H3. The van der Waals surface area contributed by atoms with Gasteiger partial charge in [-0.1, -0.05) is 0 Å². The minimum Gasteiger partial charge on any atom is -0.375 e. The van der Waals surface area contributed by atoms with Crippen molar-refractivity contribution in [3.8, 4) is 0 Å². The molecule has 2 heterocycles. The third kappa shape index (κ3) is 3.46. The summed E-state index contributed by atoms with van der Waals surface area (Å²) in [6, 6.07) is 0. The minimum absolute atomic E-state index is 0.163. The summed E-state index contributed by atoms with van der Waals surface area (Å²) in [5, 5.41) is -0.554.